The van der Waals surface area contributed by atoms with Gasteiger partial charge >= 0.3 is 5.97 Å². The summed E-state index contributed by atoms with van der Waals surface area (Å²) in [5.74, 6) is 0.249. The lowest BCUT2D eigenvalue weighted by molar-refractivity contribution is -0.137. The van der Waals surface area contributed by atoms with Crippen LogP contribution in [0.1, 0.15) is 52.9 Å². The molecule has 1 fully saturated rings. The summed E-state index contributed by atoms with van der Waals surface area (Å²) in [6.07, 6.45) is 4.23. The van der Waals surface area contributed by atoms with Gasteiger partial charge in [-0.25, -0.2) is 0 Å². The van der Waals surface area contributed by atoms with Crippen molar-refractivity contribution in [3.05, 3.63) is 0 Å². The van der Waals surface area contributed by atoms with Crippen LogP contribution in [0.2, 0.25) is 0 Å². The molecule has 0 aromatic carbocycles. The Morgan fingerprint density at radius 2 is 1.94 bits per heavy atom. The largest absolute Gasteiger partial charge is 0.481 e. The number of carboxylic acid groups (broad SMARTS) is 1. The smallest absolute Gasteiger partial charge is 0.303 e. The molecule has 0 saturated heterocycles. The van der Waals surface area contributed by atoms with Crippen molar-refractivity contribution in [3.8, 4) is 0 Å². The first kappa shape index (κ1) is 13.5. The van der Waals surface area contributed by atoms with E-state index in [1.54, 1.807) is 0 Å². The lowest BCUT2D eigenvalue weighted by Gasteiger charge is -2.04. The van der Waals surface area contributed by atoms with Crippen molar-refractivity contribution in [1.82, 2.24) is 0 Å². The third kappa shape index (κ3) is 3.48. The van der Waals surface area contributed by atoms with Crippen LogP contribution in [0.15, 0.2) is 0 Å². The number of hydrogen-bond donors (Lipinski definition) is 2. The molecule has 2 N–H and O–H groups in total. The van der Waals surface area contributed by atoms with Crippen LogP contribution in [0, 0.1) is 17.3 Å². The summed E-state index contributed by atoms with van der Waals surface area (Å²) in [7, 11) is 0. The van der Waals surface area contributed by atoms with Crippen molar-refractivity contribution in [2.45, 2.75) is 59.0 Å². The molecule has 0 aliphatic heterocycles. The topological polar surface area (TPSA) is 57.5 Å². The molecule has 16 heavy (non-hydrogen) atoms. The number of aliphatic hydroxyl groups excluding tert-OH is 1. The van der Waals surface area contributed by atoms with E-state index in [1.807, 2.05) is 6.92 Å². The van der Waals surface area contributed by atoms with Gasteiger partial charge in [-0.05, 0) is 37.0 Å². The summed E-state index contributed by atoms with van der Waals surface area (Å²) in [5.41, 5.74) is 0.212. The molecule has 3 atom stereocenters. The summed E-state index contributed by atoms with van der Waals surface area (Å²) in [6.45, 7) is 6.15. The van der Waals surface area contributed by atoms with Gasteiger partial charge in [0, 0.05) is 6.42 Å². The molecule has 1 aliphatic carbocycles. The maximum absolute atomic E-state index is 10.7. The molecule has 3 nitrogen and oxygen atoms in total. The molecule has 94 valence electrons. The average molecular weight is 228 g/mol. The highest BCUT2D eigenvalue weighted by molar-refractivity contribution is 5.67. The Morgan fingerprint density at radius 3 is 2.44 bits per heavy atom. The molecule has 0 heterocycles. The lowest BCUT2D eigenvalue weighted by Crippen LogP contribution is -1.99. The summed E-state index contributed by atoms with van der Waals surface area (Å²) in [6, 6.07) is 0. The standard InChI is InChI=1S/C13H24O3/c1-9(14)6-4-5-7-10-11(8-12(15)16)13(10,2)3/h9-11,14H,4-8H2,1-3H3,(H,15,16). The third-order valence-electron chi connectivity index (χ3n) is 4.07. The molecule has 1 aliphatic rings. The number of rotatable bonds is 7. The second-order valence-electron chi connectivity index (χ2n) is 5.77. The Balaban J connectivity index is 2.21. The Kier molecular flexibility index (Phi) is 4.36. The highest BCUT2D eigenvalue weighted by Crippen LogP contribution is 2.62. The minimum atomic E-state index is -0.676. The maximum Gasteiger partial charge on any atom is 0.303 e. The zero-order chi connectivity index (χ0) is 12.3. The molecule has 0 bridgehead atoms. The van der Waals surface area contributed by atoms with Crippen LogP contribution in [0.4, 0.5) is 0 Å². The van der Waals surface area contributed by atoms with E-state index in [-0.39, 0.29) is 11.5 Å². The molecule has 0 aromatic rings. The summed E-state index contributed by atoms with van der Waals surface area (Å²) in [4.78, 5) is 10.7. The van der Waals surface area contributed by atoms with Crippen molar-refractivity contribution in [2.24, 2.45) is 17.3 Å². The van der Waals surface area contributed by atoms with Crippen LogP contribution >= 0.6 is 0 Å². The summed E-state index contributed by atoms with van der Waals surface area (Å²) in [5, 5.41) is 17.9. The van der Waals surface area contributed by atoms with Gasteiger partial charge in [-0.15, -0.1) is 0 Å². The van der Waals surface area contributed by atoms with E-state index in [9.17, 15) is 4.79 Å². The molecule has 3 unspecified atom stereocenters. The molecule has 0 radical (unpaired) electrons. The van der Waals surface area contributed by atoms with Gasteiger partial charge in [0.25, 0.3) is 0 Å². The van der Waals surface area contributed by atoms with Crippen LogP contribution < -0.4 is 0 Å². The maximum atomic E-state index is 10.7. The van der Waals surface area contributed by atoms with Crippen LogP contribution in [0.3, 0.4) is 0 Å². The predicted octanol–water partition coefficient (Wildman–Crippen LogP) is 2.67. The number of hydrogen-bond acceptors (Lipinski definition) is 2. The first-order valence-corrected chi connectivity index (χ1v) is 6.25. The van der Waals surface area contributed by atoms with E-state index in [2.05, 4.69) is 13.8 Å². The van der Waals surface area contributed by atoms with Crippen LogP contribution in [0.25, 0.3) is 0 Å². The fourth-order valence-corrected chi connectivity index (χ4v) is 2.83. The van der Waals surface area contributed by atoms with E-state index in [0.717, 1.165) is 25.7 Å². The molecular formula is C13H24O3. The van der Waals surface area contributed by atoms with Gasteiger partial charge in [-0.1, -0.05) is 26.7 Å². The average Bonchev–Trinajstić information content (AvgIpc) is 2.61. The number of aliphatic hydroxyl groups is 1. The monoisotopic (exact) mass is 228 g/mol. The number of carbonyl (C=O) groups is 1. The van der Waals surface area contributed by atoms with Crippen LogP contribution in [-0.4, -0.2) is 22.3 Å². The van der Waals surface area contributed by atoms with Gasteiger partial charge in [0.1, 0.15) is 0 Å². The Hall–Kier alpha value is -0.570. The molecule has 0 amide bonds. The molecule has 3 heteroatoms. The Labute approximate surface area is 97.9 Å². The Morgan fingerprint density at radius 1 is 1.31 bits per heavy atom. The van der Waals surface area contributed by atoms with E-state index >= 15 is 0 Å². The molecule has 1 saturated carbocycles. The summed E-state index contributed by atoms with van der Waals surface area (Å²) < 4.78 is 0. The van der Waals surface area contributed by atoms with Crippen LogP contribution in [0.5, 0.6) is 0 Å². The molecular weight excluding hydrogens is 204 g/mol. The zero-order valence-electron chi connectivity index (χ0n) is 10.6. The van der Waals surface area contributed by atoms with Crippen LogP contribution in [-0.2, 0) is 4.79 Å². The Bertz CT molecular complexity index is 246. The van der Waals surface area contributed by atoms with Gasteiger partial charge in [0.2, 0.25) is 0 Å². The van der Waals surface area contributed by atoms with Gasteiger partial charge in [-0.2, -0.15) is 0 Å². The first-order chi connectivity index (χ1) is 7.35. The molecule has 1 rings (SSSR count). The fourth-order valence-electron chi connectivity index (χ4n) is 2.83. The SMILES string of the molecule is CC(O)CCCCC1C(CC(=O)O)C1(C)C. The zero-order valence-corrected chi connectivity index (χ0v) is 10.6. The van der Waals surface area contributed by atoms with Gasteiger partial charge < -0.3 is 10.2 Å². The number of aliphatic carboxylic acids is 1. The first-order valence-electron chi connectivity index (χ1n) is 6.25. The lowest BCUT2D eigenvalue weighted by atomic mass is 10.0. The highest BCUT2D eigenvalue weighted by Gasteiger charge is 2.56. The molecule has 0 aromatic heterocycles. The highest BCUT2D eigenvalue weighted by atomic mass is 16.4. The normalized spacial score (nSPS) is 28.8. The van der Waals surface area contributed by atoms with E-state index in [4.69, 9.17) is 10.2 Å². The predicted molar refractivity (Wildman–Crippen MR) is 63.2 cm³/mol. The summed E-state index contributed by atoms with van der Waals surface area (Å²) >= 11 is 0. The fraction of sp³-hybridized carbons (Fsp3) is 0.923. The minimum absolute atomic E-state index is 0.206. The second-order valence-corrected chi connectivity index (χ2v) is 5.77. The van der Waals surface area contributed by atoms with Gasteiger partial charge in [0.15, 0.2) is 0 Å². The van der Waals surface area contributed by atoms with Crippen molar-refractivity contribution < 1.29 is 15.0 Å². The number of carboxylic acids is 1. The van der Waals surface area contributed by atoms with E-state index < -0.39 is 5.97 Å². The van der Waals surface area contributed by atoms with Crippen molar-refractivity contribution >= 4 is 5.97 Å². The minimum Gasteiger partial charge on any atom is -0.481 e. The second kappa shape index (κ2) is 5.17. The van der Waals surface area contributed by atoms with Crippen molar-refractivity contribution in [2.75, 3.05) is 0 Å². The quantitative estimate of drug-likeness (QED) is 0.659. The van der Waals surface area contributed by atoms with Gasteiger partial charge in [-0.3, -0.25) is 4.79 Å². The van der Waals surface area contributed by atoms with Gasteiger partial charge in [0.05, 0.1) is 6.10 Å². The third-order valence-corrected chi connectivity index (χ3v) is 4.07. The van der Waals surface area contributed by atoms with Crippen molar-refractivity contribution in [1.29, 1.82) is 0 Å². The van der Waals surface area contributed by atoms with E-state index in [0.29, 0.717) is 18.3 Å². The molecule has 0 spiro atoms. The number of unbranched alkanes of at least 4 members (excludes halogenated alkanes) is 1. The van der Waals surface area contributed by atoms with Crippen molar-refractivity contribution in [3.63, 3.8) is 0 Å². The van der Waals surface area contributed by atoms with E-state index in [1.165, 1.54) is 0 Å².